The molecule has 180 valence electrons. The normalized spacial score (nSPS) is 13.6. The molecule has 0 bridgehead atoms. The maximum absolute atomic E-state index is 12.4. The zero-order valence-electron chi connectivity index (χ0n) is 19.8. The lowest BCUT2D eigenvalue weighted by molar-refractivity contribution is 0.0730. The van der Waals surface area contributed by atoms with Gasteiger partial charge in [-0.1, -0.05) is 42.5 Å². The van der Waals surface area contributed by atoms with Gasteiger partial charge in [0.05, 0.1) is 27.4 Å². The highest BCUT2D eigenvalue weighted by Crippen LogP contribution is 2.27. The summed E-state index contributed by atoms with van der Waals surface area (Å²) in [6.45, 7) is 3.33. The number of hydrogen-bond donors (Lipinski definition) is 2. The topological polar surface area (TPSA) is 78.9 Å². The molecule has 0 radical (unpaired) electrons. The number of aliphatic hydroxyl groups excluding tert-OH is 1. The van der Waals surface area contributed by atoms with Gasteiger partial charge in [-0.25, -0.2) is 4.79 Å². The summed E-state index contributed by atoms with van der Waals surface area (Å²) in [6, 6.07) is 24.0. The fourth-order valence-electron chi connectivity index (χ4n) is 3.51. The molecule has 0 saturated carbocycles. The van der Waals surface area contributed by atoms with Crippen LogP contribution in [0.1, 0.15) is 35.4 Å². The first-order valence-electron chi connectivity index (χ1n) is 11.3. The van der Waals surface area contributed by atoms with Crippen LogP contribution in [0.15, 0.2) is 83.8 Å². The molecule has 0 amide bonds. The van der Waals surface area contributed by atoms with Gasteiger partial charge in [0.25, 0.3) is 0 Å². The van der Waals surface area contributed by atoms with Crippen molar-refractivity contribution in [2.75, 3.05) is 31.3 Å². The highest BCUT2D eigenvalue weighted by atomic mass is 32.2. The van der Waals surface area contributed by atoms with E-state index in [1.54, 1.807) is 42.5 Å². The van der Waals surface area contributed by atoms with E-state index in [1.165, 1.54) is 11.9 Å². The molecular weight excluding hydrogens is 448 g/mol. The van der Waals surface area contributed by atoms with Gasteiger partial charge in [-0.05, 0) is 55.3 Å². The predicted octanol–water partition coefficient (Wildman–Crippen LogP) is 4.18. The van der Waals surface area contributed by atoms with Crippen LogP contribution in [0.4, 0.5) is 5.69 Å². The third-order valence-electron chi connectivity index (χ3n) is 5.63. The summed E-state index contributed by atoms with van der Waals surface area (Å²) in [7, 11) is 0.671. The average Bonchev–Trinajstić information content (AvgIpc) is 2.86. The molecular formula is C27H32N2O4S. The Bertz CT molecular complexity index is 1090. The van der Waals surface area contributed by atoms with Crippen LogP contribution < -0.4 is 15.0 Å². The lowest BCUT2D eigenvalue weighted by atomic mass is 10.1. The Morgan fingerprint density at radius 3 is 2.35 bits per heavy atom. The second-order valence-corrected chi connectivity index (χ2v) is 9.63. The Morgan fingerprint density at radius 1 is 1.06 bits per heavy atom. The third-order valence-corrected chi connectivity index (χ3v) is 6.57. The molecule has 0 aliphatic heterocycles. The number of benzene rings is 3. The van der Waals surface area contributed by atoms with Gasteiger partial charge >= 0.3 is 5.97 Å². The number of ether oxygens (including phenoxy) is 1. The van der Waals surface area contributed by atoms with Crippen molar-refractivity contribution in [2.24, 2.45) is 0 Å². The largest absolute Gasteiger partial charge is 0.422 e. The summed E-state index contributed by atoms with van der Waals surface area (Å²) in [4.78, 5) is 15.0. The number of rotatable bonds is 11. The van der Waals surface area contributed by atoms with Crippen LogP contribution in [0.25, 0.3) is 0 Å². The van der Waals surface area contributed by atoms with Crippen LogP contribution in [0.2, 0.25) is 0 Å². The molecule has 2 N–H and O–H groups in total. The maximum Gasteiger partial charge on any atom is 0.343 e. The number of aliphatic hydroxyl groups is 1. The number of nitrogens with one attached hydrogen (secondary N) is 1. The lowest BCUT2D eigenvalue weighted by Crippen LogP contribution is -2.33. The summed E-state index contributed by atoms with van der Waals surface area (Å²) in [5, 5.41) is 14.1. The van der Waals surface area contributed by atoms with Crippen LogP contribution in [0, 0.1) is 0 Å². The van der Waals surface area contributed by atoms with Gasteiger partial charge in [-0.3, -0.25) is 4.21 Å². The first kappa shape index (κ1) is 25.6. The van der Waals surface area contributed by atoms with Gasteiger partial charge in [0.15, 0.2) is 0 Å². The van der Waals surface area contributed by atoms with E-state index < -0.39 is 22.9 Å². The van der Waals surface area contributed by atoms with Crippen molar-refractivity contribution in [1.29, 1.82) is 0 Å². The van der Waals surface area contributed by atoms with Crippen molar-refractivity contribution in [3.8, 4) is 5.75 Å². The minimum atomic E-state index is -1.39. The highest BCUT2D eigenvalue weighted by Gasteiger charge is 2.17. The SMILES string of the molecule is CC(CCN(C)c1ccccc1)NCC(O)c1ccc(OC(=O)c2ccccc2)c(S(C)=O)c1. The van der Waals surface area contributed by atoms with Gasteiger partial charge < -0.3 is 20.1 Å². The number of nitrogens with zero attached hydrogens (tertiary/aromatic N) is 1. The summed E-state index contributed by atoms with van der Waals surface area (Å²) in [5.74, 6) is -0.285. The zero-order valence-corrected chi connectivity index (χ0v) is 20.6. The molecule has 0 aliphatic rings. The Kier molecular flexibility index (Phi) is 9.39. The molecule has 3 rings (SSSR count). The van der Waals surface area contributed by atoms with Crippen molar-refractivity contribution in [3.05, 3.63) is 90.0 Å². The number of para-hydroxylation sites is 1. The molecule has 0 heterocycles. The monoisotopic (exact) mass is 480 g/mol. The average molecular weight is 481 g/mol. The minimum Gasteiger partial charge on any atom is -0.422 e. The van der Waals surface area contributed by atoms with Crippen LogP contribution in [-0.4, -0.2) is 47.7 Å². The molecule has 3 atom stereocenters. The molecule has 3 unspecified atom stereocenters. The number of carbonyl (C=O) groups is 1. The van der Waals surface area contributed by atoms with E-state index in [0.29, 0.717) is 22.6 Å². The summed E-state index contributed by atoms with van der Waals surface area (Å²) in [6.07, 6.45) is 1.65. The lowest BCUT2D eigenvalue weighted by Gasteiger charge is -2.23. The van der Waals surface area contributed by atoms with Gasteiger partial charge in [-0.15, -0.1) is 0 Å². The number of esters is 1. The second kappa shape index (κ2) is 12.5. The van der Waals surface area contributed by atoms with E-state index in [-0.39, 0.29) is 11.8 Å². The van der Waals surface area contributed by atoms with Gasteiger partial charge in [0.2, 0.25) is 0 Å². The molecule has 0 aliphatic carbocycles. The van der Waals surface area contributed by atoms with E-state index in [4.69, 9.17) is 4.74 Å². The quantitative estimate of drug-likeness (QED) is 0.317. The molecule has 3 aromatic carbocycles. The van der Waals surface area contributed by atoms with Crippen molar-refractivity contribution >= 4 is 22.5 Å². The van der Waals surface area contributed by atoms with Crippen LogP contribution in [-0.2, 0) is 10.8 Å². The standard InChI is InChI=1S/C27H32N2O4S/c1-20(16-17-29(2)23-12-8-5-9-13-23)28-19-24(30)22-14-15-25(26(18-22)34(3)32)33-27(31)21-10-6-4-7-11-21/h4-15,18,20,24,28,30H,16-17,19H2,1-3H3. The highest BCUT2D eigenvalue weighted by molar-refractivity contribution is 7.84. The molecule has 0 saturated heterocycles. The molecule has 7 heteroatoms. The third kappa shape index (κ3) is 7.25. The Labute approximate surface area is 204 Å². The smallest absolute Gasteiger partial charge is 0.343 e. The first-order valence-corrected chi connectivity index (χ1v) is 12.8. The van der Waals surface area contributed by atoms with E-state index in [1.807, 2.05) is 24.3 Å². The molecule has 34 heavy (non-hydrogen) atoms. The van der Waals surface area contributed by atoms with E-state index in [9.17, 15) is 14.1 Å². The van der Waals surface area contributed by atoms with E-state index >= 15 is 0 Å². The van der Waals surface area contributed by atoms with Crippen LogP contribution in [0.5, 0.6) is 5.75 Å². The summed E-state index contributed by atoms with van der Waals surface area (Å²) < 4.78 is 17.8. The fraction of sp³-hybridized carbons (Fsp3) is 0.296. The second-order valence-electron chi connectivity index (χ2n) is 8.29. The van der Waals surface area contributed by atoms with Crippen LogP contribution in [0.3, 0.4) is 0 Å². The first-order chi connectivity index (χ1) is 16.3. The Morgan fingerprint density at radius 2 is 1.71 bits per heavy atom. The van der Waals surface area contributed by atoms with Gasteiger partial charge in [0, 0.05) is 38.1 Å². The maximum atomic E-state index is 12.4. The van der Waals surface area contributed by atoms with Crippen molar-refractivity contribution in [3.63, 3.8) is 0 Å². The van der Waals surface area contributed by atoms with Gasteiger partial charge in [0.1, 0.15) is 5.75 Å². The molecule has 0 aromatic heterocycles. The fourth-order valence-corrected chi connectivity index (χ4v) is 4.20. The van der Waals surface area contributed by atoms with Gasteiger partial charge in [-0.2, -0.15) is 0 Å². The summed E-state index contributed by atoms with van der Waals surface area (Å²) in [5.41, 5.74) is 2.20. The molecule has 6 nitrogen and oxygen atoms in total. The Balaban J connectivity index is 1.56. The van der Waals surface area contributed by atoms with Crippen molar-refractivity contribution in [1.82, 2.24) is 5.32 Å². The zero-order chi connectivity index (χ0) is 24.5. The number of carbonyl (C=O) groups excluding carboxylic acids is 1. The molecule has 0 fully saturated rings. The minimum absolute atomic E-state index is 0.201. The number of anilines is 1. The molecule has 0 spiro atoms. The Hall–Kier alpha value is -3.00. The van der Waals surface area contributed by atoms with Crippen molar-refractivity contribution in [2.45, 2.75) is 30.4 Å². The predicted molar refractivity (Wildman–Crippen MR) is 137 cm³/mol. The summed E-state index contributed by atoms with van der Waals surface area (Å²) >= 11 is 0. The van der Waals surface area contributed by atoms with E-state index in [0.717, 1.165) is 13.0 Å². The molecule has 3 aromatic rings. The van der Waals surface area contributed by atoms with Crippen molar-refractivity contribution < 1.29 is 18.8 Å². The van der Waals surface area contributed by atoms with Crippen LogP contribution >= 0.6 is 0 Å². The number of hydrogen-bond acceptors (Lipinski definition) is 6. The van der Waals surface area contributed by atoms with E-state index in [2.05, 4.69) is 36.3 Å².